The van der Waals surface area contributed by atoms with Gasteiger partial charge in [-0.05, 0) is 36.8 Å². The van der Waals surface area contributed by atoms with Gasteiger partial charge in [0.1, 0.15) is 17.3 Å². The molecule has 0 aliphatic carbocycles. The maximum Gasteiger partial charge on any atom is 0.261 e. The van der Waals surface area contributed by atoms with Crippen molar-refractivity contribution in [2.24, 2.45) is 0 Å². The van der Waals surface area contributed by atoms with E-state index in [0.717, 1.165) is 15.7 Å². The van der Waals surface area contributed by atoms with Crippen molar-refractivity contribution in [1.29, 1.82) is 5.26 Å². The van der Waals surface area contributed by atoms with Crippen molar-refractivity contribution in [3.8, 4) is 23.0 Å². The summed E-state index contributed by atoms with van der Waals surface area (Å²) in [5, 5.41) is 17.0. The normalized spacial score (nSPS) is 11.2. The van der Waals surface area contributed by atoms with Gasteiger partial charge in [-0.15, -0.1) is 0 Å². The van der Waals surface area contributed by atoms with E-state index in [0.29, 0.717) is 30.8 Å². The van der Waals surface area contributed by atoms with Crippen LogP contribution < -0.4 is 5.32 Å². The van der Waals surface area contributed by atoms with E-state index < -0.39 is 5.91 Å². The number of hydrogen-bond donors (Lipinski definition) is 1. The molecule has 152 valence electrons. The molecule has 0 aliphatic rings. The minimum atomic E-state index is -0.416. The molecule has 0 radical (unpaired) electrons. The zero-order valence-corrected chi connectivity index (χ0v) is 18.1. The third kappa shape index (κ3) is 5.44. The number of halogens is 1. The number of amides is 1. The Bertz CT molecular complexity index is 1080. The van der Waals surface area contributed by atoms with Crippen LogP contribution in [0.3, 0.4) is 0 Å². The van der Waals surface area contributed by atoms with Crippen molar-refractivity contribution in [3.63, 3.8) is 0 Å². The van der Waals surface area contributed by atoms with Gasteiger partial charge in [-0.1, -0.05) is 46.3 Å². The molecular weight excluding hydrogens is 444 g/mol. The Labute approximate surface area is 183 Å². The molecule has 0 fully saturated rings. The minimum absolute atomic E-state index is 0.0243. The fourth-order valence-electron chi connectivity index (χ4n) is 2.88. The lowest BCUT2D eigenvalue weighted by Crippen LogP contribution is -2.26. The van der Waals surface area contributed by atoms with Crippen LogP contribution in [0.15, 0.2) is 70.8 Å². The molecule has 0 atom stereocenters. The van der Waals surface area contributed by atoms with E-state index in [-0.39, 0.29) is 5.57 Å². The molecule has 0 unspecified atom stereocenters. The molecule has 0 saturated carbocycles. The van der Waals surface area contributed by atoms with Crippen LogP contribution in [-0.2, 0) is 9.53 Å². The van der Waals surface area contributed by atoms with Gasteiger partial charge in [0.15, 0.2) is 0 Å². The van der Waals surface area contributed by atoms with Crippen molar-refractivity contribution in [3.05, 3.63) is 76.4 Å². The van der Waals surface area contributed by atoms with Gasteiger partial charge >= 0.3 is 0 Å². The largest absolute Gasteiger partial charge is 0.385 e. The van der Waals surface area contributed by atoms with Crippen molar-refractivity contribution in [2.45, 2.75) is 6.42 Å². The molecule has 0 saturated heterocycles. The monoisotopic (exact) mass is 464 g/mol. The van der Waals surface area contributed by atoms with Crippen molar-refractivity contribution in [1.82, 2.24) is 15.1 Å². The highest BCUT2D eigenvalue weighted by atomic mass is 79.9. The van der Waals surface area contributed by atoms with Crippen LogP contribution in [0.2, 0.25) is 0 Å². The summed E-state index contributed by atoms with van der Waals surface area (Å²) in [6.07, 6.45) is 4.08. The number of aromatic nitrogens is 2. The fourth-order valence-corrected chi connectivity index (χ4v) is 3.28. The third-order valence-corrected chi connectivity index (χ3v) is 4.83. The number of carbonyl (C=O) groups is 1. The quantitative estimate of drug-likeness (QED) is 0.305. The van der Waals surface area contributed by atoms with E-state index in [4.69, 9.17) is 9.84 Å². The SMILES string of the molecule is COCCCNC(=O)/C(C#N)=C/c1cn(-c2ccccc2)nc1-c1cccc(Br)c1. The predicted molar refractivity (Wildman–Crippen MR) is 120 cm³/mol. The summed E-state index contributed by atoms with van der Waals surface area (Å²) in [6, 6.07) is 19.4. The smallest absolute Gasteiger partial charge is 0.261 e. The van der Waals surface area contributed by atoms with Gasteiger partial charge in [0.2, 0.25) is 0 Å². The van der Waals surface area contributed by atoms with E-state index >= 15 is 0 Å². The zero-order chi connectivity index (χ0) is 21.3. The summed E-state index contributed by atoms with van der Waals surface area (Å²) >= 11 is 3.49. The lowest BCUT2D eigenvalue weighted by atomic mass is 10.1. The summed E-state index contributed by atoms with van der Waals surface area (Å²) in [4.78, 5) is 12.4. The summed E-state index contributed by atoms with van der Waals surface area (Å²) in [6.45, 7) is 0.982. The molecule has 1 amide bonds. The Balaban J connectivity index is 1.99. The first-order valence-corrected chi connectivity index (χ1v) is 10.2. The number of nitrogens with zero attached hydrogens (tertiary/aromatic N) is 3. The van der Waals surface area contributed by atoms with Gasteiger partial charge < -0.3 is 10.1 Å². The number of methoxy groups -OCH3 is 1. The summed E-state index contributed by atoms with van der Waals surface area (Å²) in [5.74, 6) is -0.416. The minimum Gasteiger partial charge on any atom is -0.385 e. The molecule has 30 heavy (non-hydrogen) atoms. The van der Waals surface area contributed by atoms with Gasteiger partial charge in [-0.3, -0.25) is 4.79 Å². The number of ether oxygens (including phenoxy) is 1. The van der Waals surface area contributed by atoms with Gasteiger partial charge in [-0.2, -0.15) is 10.4 Å². The van der Waals surface area contributed by atoms with Crippen molar-refractivity contribution in [2.75, 3.05) is 20.3 Å². The van der Waals surface area contributed by atoms with Crippen LogP contribution >= 0.6 is 15.9 Å². The molecule has 1 heterocycles. The number of nitrogens with one attached hydrogen (secondary N) is 1. The molecule has 1 N–H and O–H groups in total. The van der Waals surface area contributed by atoms with E-state index in [2.05, 4.69) is 21.2 Å². The van der Waals surface area contributed by atoms with Crippen LogP contribution in [-0.4, -0.2) is 35.9 Å². The highest BCUT2D eigenvalue weighted by Crippen LogP contribution is 2.27. The van der Waals surface area contributed by atoms with Crippen molar-refractivity contribution < 1.29 is 9.53 Å². The Hall–Kier alpha value is -3.21. The van der Waals surface area contributed by atoms with Crippen LogP contribution in [0.5, 0.6) is 0 Å². The molecule has 0 aliphatic heterocycles. The van der Waals surface area contributed by atoms with E-state index in [1.54, 1.807) is 17.9 Å². The second-order valence-corrected chi connectivity index (χ2v) is 7.41. The molecule has 2 aromatic carbocycles. The lowest BCUT2D eigenvalue weighted by molar-refractivity contribution is -0.117. The fraction of sp³-hybridized carbons (Fsp3) is 0.174. The summed E-state index contributed by atoms with van der Waals surface area (Å²) in [5.41, 5.74) is 3.15. The van der Waals surface area contributed by atoms with Crippen LogP contribution in [0, 0.1) is 11.3 Å². The van der Waals surface area contributed by atoms with Crippen LogP contribution in [0.25, 0.3) is 23.0 Å². The predicted octanol–water partition coefficient (Wildman–Crippen LogP) is 4.36. The second kappa shape index (κ2) is 10.5. The Morgan fingerprint density at radius 1 is 1.27 bits per heavy atom. The number of rotatable bonds is 8. The Morgan fingerprint density at radius 2 is 2.07 bits per heavy atom. The number of para-hydroxylation sites is 1. The highest BCUT2D eigenvalue weighted by Gasteiger charge is 2.15. The standard InChI is InChI=1S/C23H21BrN4O2/c1-30-12-6-11-26-23(29)18(15-25)13-19-16-28(21-9-3-2-4-10-21)27-22(19)17-7-5-8-20(24)14-17/h2-5,7-10,13-14,16H,6,11-12H2,1H3,(H,26,29)/b18-13+. The molecule has 6 nitrogen and oxygen atoms in total. The first kappa shape index (κ1) is 21.5. The van der Waals surface area contributed by atoms with Gasteiger partial charge in [0.05, 0.1) is 5.69 Å². The highest BCUT2D eigenvalue weighted by molar-refractivity contribution is 9.10. The summed E-state index contributed by atoms with van der Waals surface area (Å²) in [7, 11) is 1.61. The van der Waals surface area contributed by atoms with Crippen LogP contribution in [0.4, 0.5) is 0 Å². The Kier molecular flexibility index (Phi) is 7.55. The molecule has 3 rings (SSSR count). The maximum atomic E-state index is 12.4. The van der Waals surface area contributed by atoms with E-state index in [9.17, 15) is 10.1 Å². The average molecular weight is 465 g/mol. The van der Waals surface area contributed by atoms with E-state index in [1.165, 1.54) is 0 Å². The molecule has 1 aromatic heterocycles. The molecule has 0 spiro atoms. The number of carbonyl (C=O) groups excluding carboxylic acids is 1. The maximum absolute atomic E-state index is 12.4. The molecule has 7 heteroatoms. The number of nitriles is 1. The number of hydrogen-bond acceptors (Lipinski definition) is 4. The first-order chi connectivity index (χ1) is 14.6. The van der Waals surface area contributed by atoms with Crippen LogP contribution in [0.1, 0.15) is 12.0 Å². The molecule has 3 aromatic rings. The molecular formula is C23H21BrN4O2. The van der Waals surface area contributed by atoms with Gasteiger partial charge in [0.25, 0.3) is 5.91 Å². The molecule has 0 bridgehead atoms. The third-order valence-electron chi connectivity index (χ3n) is 4.34. The van der Waals surface area contributed by atoms with Crippen molar-refractivity contribution >= 4 is 27.9 Å². The first-order valence-electron chi connectivity index (χ1n) is 9.42. The second-order valence-electron chi connectivity index (χ2n) is 6.50. The average Bonchev–Trinajstić information content (AvgIpc) is 3.19. The lowest BCUT2D eigenvalue weighted by Gasteiger charge is -2.04. The van der Waals surface area contributed by atoms with Gasteiger partial charge in [-0.25, -0.2) is 4.68 Å². The zero-order valence-electron chi connectivity index (χ0n) is 16.5. The number of benzene rings is 2. The summed E-state index contributed by atoms with van der Waals surface area (Å²) < 4.78 is 7.64. The topological polar surface area (TPSA) is 79.9 Å². The van der Waals surface area contributed by atoms with E-state index in [1.807, 2.05) is 66.9 Å². The van der Waals surface area contributed by atoms with Gasteiger partial charge in [0, 0.05) is 42.1 Å². The Morgan fingerprint density at radius 3 is 2.77 bits per heavy atom.